The monoisotopic (exact) mass is 274 g/mol. The van der Waals surface area contributed by atoms with Crippen LogP contribution in [0.15, 0.2) is 30.5 Å². The van der Waals surface area contributed by atoms with Crippen molar-refractivity contribution >= 4 is 5.69 Å². The maximum absolute atomic E-state index is 13.6. The first-order valence-corrected chi connectivity index (χ1v) is 6.54. The molecule has 1 heterocycles. The van der Waals surface area contributed by atoms with Gasteiger partial charge in [-0.15, -0.1) is 0 Å². The maximum atomic E-state index is 13.6. The van der Waals surface area contributed by atoms with E-state index in [1.165, 1.54) is 0 Å². The molecule has 0 aliphatic carbocycles. The Morgan fingerprint density at radius 2 is 2.00 bits per heavy atom. The third-order valence-corrected chi connectivity index (χ3v) is 3.29. The van der Waals surface area contributed by atoms with Crippen LogP contribution < -0.4 is 10.1 Å². The molecule has 0 fully saturated rings. The summed E-state index contributed by atoms with van der Waals surface area (Å²) in [4.78, 5) is 4.19. The molecule has 106 valence electrons. The van der Waals surface area contributed by atoms with E-state index in [2.05, 4.69) is 10.3 Å². The fourth-order valence-electron chi connectivity index (χ4n) is 2.02. The second kappa shape index (κ2) is 5.90. The smallest absolute Gasteiger partial charge is 0.160 e. The summed E-state index contributed by atoms with van der Waals surface area (Å²) >= 11 is 0. The van der Waals surface area contributed by atoms with Gasteiger partial charge in [0, 0.05) is 11.7 Å². The number of ether oxygens (including phenoxy) is 1. The quantitative estimate of drug-likeness (QED) is 0.914. The van der Waals surface area contributed by atoms with Crippen LogP contribution in [0.25, 0.3) is 0 Å². The van der Waals surface area contributed by atoms with Crippen LogP contribution >= 0.6 is 0 Å². The first-order valence-electron chi connectivity index (χ1n) is 6.54. The van der Waals surface area contributed by atoms with E-state index in [-0.39, 0.29) is 11.9 Å². The van der Waals surface area contributed by atoms with Crippen LogP contribution in [-0.4, -0.2) is 12.1 Å². The molecule has 1 N–H and O–H groups in total. The first-order chi connectivity index (χ1) is 9.51. The molecule has 1 aromatic carbocycles. The lowest BCUT2D eigenvalue weighted by Gasteiger charge is -2.18. The predicted molar refractivity (Wildman–Crippen MR) is 78.7 cm³/mol. The van der Waals surface area contributed by atoms with Gasteiger partial charge in [-0.05, 0) is 44.0 Å². The molecular formula is C16H19FN2O. The average molecular weight is 274 g/mol. The van der Waals surface area contributed by atoms with E-state index in [0.717, 1.165) is 16.9 Å². The molecule has 0 bridgehead atoms. The van der Waals surface area contributed by atoms with Gasteiger partial charge < -0.3 is 10.1 Å². The van der Waals surface area contributed by atoms with Gasteiger partial charge in [0.05, 0.1) is 19.0 Å². The molecule has 1 unspecified atom stereocenters. The van der Waals surface area contributed by atoms with Crippen molar-refractivity contribution in [2.75, 3.05) is 12.4 Å². The molecular weight excluding hydrogens is 255 g/mol. The second-order valence-electron chi connectivity index (χ2n) is 4.90. The third-order valence-electron chi connectivity index (χ3n) is 3.29. The Hall–Kier alpha value is -2.10. The molecule has 0 amide bonds. The van der Waals surface area contributed by atoms with E-state index in [9.17, 15) is 4.39 Å². The Morgan fingerprint density at radius 3 is 2.65 bits per heavy atom. The SMILES string of the molecule is COc1cnc(C)cc1NC(C)c1ccc(C)c(F)c1. The third kappa shape index (κ3) is 3.07. The zero-order valence-electron chi connectivity index (χ0n) is 12.2. The molecule has 20 heavy (non-hydrogen) atoms. The van der Waals surface area contributed by atoms with E-state index < -0.39 is 0 Å². The zero-order valence-corrected chi connectivity index (χ0v) is 12.2. The second-order valence-corrected chi connectivity index (χ2v) is 4.90. The highest BCUT2D eigenvalue weighted by Gasteiger charge is 2.11. The minimum atomic E-state index is -0.186. The molecule has 2 aromatic rings. The van der Waals surface area contributed by atoms with Crippen LogP contribution in [0.4, 0.5) is 10.1 Å². The van der Waals surface area contributed by atoms with Gasteiger partial charge in [0.15, 0.2) is 5.75 Å². The van der Waals surface area contributed by atoms with E-state index in [1.807, 2.05) is 26.0 Å². The van der Waals surface area contributed by atoms with Gasteiger partial charge in [0.1, 0.15) is 5.82 Å². The molecule has 0 saturated carbocycles. The number of rotatable bonds is 4. The van der Waals surface area contributed by atoms with Crippen LogP contribution in [0.1, 0.15) is 29.8 Å². The Balaban J connectivity index is 2.24. The Kier molecular flexibility index (Phi) is 4.23. The number of anilines is 1. The maximum Gasteiger partial charge on any atom is 0.160 e. The van der Waals surface area contributed by atoms with Crippen molar-refractivity contribution < 1.29 is 9.13 Å². The number of benzene rings is 1. The Morgan fingerprint density at radius 1 is 1.25 bits per heavy atom. The number of halogens is 1. The van der Waals surface area contributed by atoms with Crippen molar-refractivity contribution in [3.8, 4) is 5.75 Å². The van der Waals surface area contributed by atoms with Gasteiger partial charge in [-0.3, -0.25) is 4.98 Å². The molecule has 1 aromatic heterocycles. The van der Waals surface area contributed by atoms with Crippen molar-refractivity contribution in [2.45, 2.75) is 26.8 Å². The number of nitrogens with zero attached hydrogens (tertiary/aromatic N) is 1. The molecule has 2 rings (SSSR count). The number of aromatic nitrogens is 1. The Labute approximate surface area is 118 Å². The number of aryl methyl sites for hydroxylation is 2. The van der Waals surface area contributed by atoms with E-state index in [1.54, 1.807) is 32.4 Å². The summed E-state index contributed by atoms with van der Waals surface area (Å²) < 4.78 is 18.9. The molecule has 0 aliphatic rings. The highest BCUT2D eigenvalue weighted by Crippen LogP contribution is 2.28. The number of pyridine rings is 1. The van der Waals surface area contributed by atoms with Gasteiger partial charge in [-0.1, -0.05) is 12.1 Å². The average Bonchev–Trinajstić information content (AvgIpc) is 2.42. The van der Waals surface area contributed by atoms with Crippen molar-refractivity contribution in [1.82, 2.24) is 4.98 Å². The lowest BCUT2D eigenvalue weighted by Crippen LogP contribution is -2.08. The van der Waals surface area contributed by atoms with Crippen molar-refractivity contribution in [1.29, 1.82) is 0 Å². The van der Waals surface area contributed by atoms with Crippen molar-refractivity contribution in [3.63, 3.8) is 0 Å². The predicted octanol–water partition coefficient (Wildman–Crippen LogP) is 4.02. The summed E-state index contributed by atoms with van der Waals surface area (Å²) in [6, 6.07) is 7.17. The molecule has 0 aliphatic heterocycles. The van der Waals surface area contributed by atoms with Crippen LogP contribution in [0, 0.1) is 19.7 Å². The lowest BCUT2D eigenvalue weighted by atomic mass is 10.1. The zero-order chi connectivity index (χ0) is 14.7. The van der Waals surface area contributed by atoms with Gasteiger partial charge >= 0.3 is 0 Å². The minimum Gasteiger partial charge on any atom is -0.493 e. The van der Waals surface area contributed by atoms with E-state index in [4.69, 9.17) is 4.74 Å². The number of hydrogen-bond donors (Lipinski definition) is 1. The summed E-state index contributed by atoms with van der Waals surface area (Å²) in [5.74, 6) is 0.490. The van der Waals surface area contributed by atoms with Crippen molar-refractivity contribution in [3.05, 3.63) is 53.1 Å². The lowest BCUT2D eigenvalue weighted by molar-refractivity contribution is 0.414. The largest absolute Gasteiger partial charge is 0.493 e. The van der Waals surface area contributed by atoms with Gasteiger partial charge in [-0.25, -0.2) is 4.39 Å². The molecule has 0 radical (unpaired) electrons. The van der Waals surface area contributed by atoms with Gasteiger partial charge in [-0.2, -0.15) is 0 Å². The van der Waals surface area contributed by atoms with Crippen LogP contribution in [0.3, 0.4) is 0 Å². The van der Waals surface area contributed by atoms with E-state index >= 15 is 0 Å². The summed E-state index contributed by atoms with van der Waals surface area (Å²) in [6.45, 7) is 5.66. The van der Waals surface area contributed by atoms with Crippen LogP contribution in [0.5, 0.6) is 5.75 Å². The first kappa shape index (κ1) is 14.3. The number of methoxy groups -OCH3 is 1. The normalized spacial score (nSPS) is 12.1. The highest BCUT2D eigenvalue weighted by atomic mass is 19.1. The summed E-state index contributed by atoms with van der Waals surface area (Å²) in [7, 11) is 1.60. The summed E-state index contributed by atoms with van der Waals surface area (Å²) in [5.41, 5.74) is 3.30. The Bertz CT molecular complexity index is 613. The topological polar surface area (TPSA) is 34.1 Å². The summed E-state index contributed by atoms with van der Waals surface area (Å²) in [6.07, 6.45) is 1.68. The van der Waals surface area contributed by atoms with E-state index in [0.29, 0.717) is 11.3 Å². The molecule has 0 saturated heterocycles. The fraction of sp³-hybridized carbons (Fsp3) is 0.312. The van der Waals surface area contributed by atoms with Gasteiger partial charge in [0.25, 0.3) is 0 Å². The fourth-order valence-corrected chi connectivity index (χ4v) is 2.02. The van der Waals surface area contributed by atoms with Crippen LogP contribution in [-0.2, 0) is 0 Å². The minimum absolute atomic E-state index is 0.0270. The molecule has 4 heteroatoms. The highest BCUT2D eigenvalue weighted by molar-refractivity contribution is 5.57. The van der Waals surface area contributed by atoms with Crippen LogP contribution in [0.2, 0.25) is 0 Å². The standard InChI is InChI=1S/C16H19FN2O/c1-10-5-6-13(8-14(10)17)12(3)19-15-7-11(2)18-9-16(15)20-4/h5-9,12H,1-4H3,(H,18,19). The molecule has 0 spiro atoms. The van der Waals surface area contributed by atoms with Crippen molar-refractivity contribution in [2.24, 2.45) is 0 Å². The van der Waals surface area contributed by atoms with Gasteiger partial charge in [0.2, 0.25) is 0 Å². The number of hydrogen-bond acceptors (Lipinski definition) is 3. The number of nitrogens with one attached hydrogen (secondary N) is 1. The molecule has 1 atom stereocenters. The molecule has 3 nitrogen and oxygen atoms in total. The summed E-state index contributed by atoms with van der Waals surface area (Å²) in [5, 5.41) is 3.33.